The molecule has 2 aromatic rings. The van der Waals surface area contributed by atoms with Crippen LogP contribution >= 0.6 is 12.4 Å². The molecule has 2 N–H and O–H groups in total. The summed E-state index contributed by atoms with van der Waals surface area (Å²) in [6.45, 7) is 2.43. The van der Waals surface area contributed by atoms with Crippen LogP contribution in [0.5, 0.6) is 0 Å². The molecule has 0 aliphatic heterocycles. The van der Waals surface area contributed by atoms with Crippen LogP contribution < -0.4 is 5.73 Å². The molecule has 0 atom stereocenters. The smallest absolute Gasteiger partial charge is 0.227 e. The van der Waals surface area contributed by atoms with Gasteiger partial charge >= 0.3 is 0 Å². The van der Waals surface area contributed by atoms with E-state index >= 15 is 0 Å². The Kier molecular flexibility index (Phi) is 5.52. The molecule has 1 fully saturated rings. The van der Waals surface area contributed by atoms with Crippen molar-refractivity contribution < 1.29 is 9.05 Å². The Hall–Kier alpha value is -1.47. The van der Waals surface area contributed by atoms with Crippen molar-refractivity contribution in [1.29, 1.82) is 0 Å². The van der Waals surface area contributed by atoms with Gasteiger partial charge in [0, 0.05) is 13.3 Å². The third kappa shape index (κ3) is 3.84. The second kappa shape index (κ2) is 7.19. The van der Waals surface area contributed by atoms with Gasteiger partial charge < -0.3 is 14.8 Å². The van der Waals surface area contributed by atoms with Gasteiger partial charge in [-0.3, -0.25) is 0 Å². The summed E-state index contributed by atoms with van der Waals surface area (Å²) in [7, 11) is 0. The lowest BCUT2D eigenvalue weighted by atomic mass is 9.72. The first-order chi connectivity index (χ1) is 10.2. The minimum atomic E-state index is 0. The third-order valence-electron chi connectivity index (χ3n) is 4.27. The van der Waals surface area contributed by atoms with Crippen molar-refractivity contribution in [2.45, 2.75) is 51.9 Å². The molecule has 0 unspecified atom stereocenters. The fourth-order valence-corrected chi connectivity index (χ4v) is 3.06. The molecule has 2 heterocycles. The maximum Gasteiger partial charge on any atom is 0.227 e. The molecule has 0 spiro atoms. The number of hydrogen-bond donors (Lipinski definition) is 1. The Morgan fingerprint density at radius 3 is 2.36 bits per heavy atom. The van der Waals surface area contributed by atoms with Gasteiger partial charge in [0.15, 0.2) is 11.6 Å². The Morgan fingerprint density at radius 1 is 1.05 bits per heavy atom. The van der Waals surface area contributed by atoms with Gasteiger partial charge in [0.25, 0.3) is 0 Å². The molecule has 0 amide bonds. The Morgan fingerprint density at radius 2 is 1.73 bits per heavy atom. The highest BCUT2D eigenvalue weighted by atomic mass is 35.5. The van der Waals surface area contributed by atoms with Gasteiger partial charge in [0.05, 0.1) is 6.42 Å². The fourth-order valence-electron chi connectivity index (χ4n) is 3.06. The zero-order valence-electron chi connectivity index (χ0n) is 12.7. The summed E-state index contributed by atoms with van der Waals surface area (Å²) in [5.74, 6) is 2.37. The number of nitrogens with zero attached hydrogens (tertiary/aromatic N) is 4. The van der Waals surface area contributed by atoms with Crippen LogP contribution in [0.2, 0.25) is 0 Å². The van der Waals surface area contributed by atoms with Crippen LogP contribution in [0.3, 0.4) is 0 Å². The second-order valence-corrected chi connectivity index (χ2v) is 5.95. The molecular formula is C14H22ClN5O2. The van der Waals surface area contributed by atoms with Gasteiger partial charge in [-0.15, -0.1) is 12.4 Å². The highest BCUT2D eigenvalue weighted by Gasteiger charge is 2.33. The zero-order chi connectivity index (χ0) is 14.7. The molecule has 22 heavy (non-hydrogen) atoms. The molecule has 122 valence electrons. The minimum Gasteiger partial charge on any atom is -0.340 e. The number of aromatic nitrogens is 4. The van der Waals surface area contributed by atoms with Gasteiger partial charge in [0.1, 0.15) is 0 Å². The summed E-state index contributed by atoms with van der Waals surface area (Å²) in [5.41, 5.74) is 6.13. The summed E-state index contributed by atoms with van der Waals surface area (Å²) in [6, 6.07) is 0. The van der Waals surface area contributed by atoms with Crippen molar-refractivity contribution >= 4 is 12.4 Å². The van der Waals surface area contributed by atoms with E-state index in [-0.39, 0.29) is 17.8 Å². The molecule has 1 aliphatic rings. The monoisotopic (exact) mass is 327 g/mol. The maximum absolute atomic E-state index is 6.00. The van der Waals surface area contributed by atoms with Crippen molar-refractivity contribution in [1.82, 2.24) is 20.3 Å². The van der Waals surface area contributed by atoms with Crippen LogP contribution in [0.4, 0.5) is 0 Å². The zero-order valence-corrected chi connectivity index (χ0v) is 13.6. The highest BCUT2D eigenvalue weighted by molar-refractivity contribution is 5.85. The predicted octanol–water partition coefficient (Wildman–Crippen LogP) is 2.23. The van der Waals surface area contributed by atoms with E-state index in [0.29, 0.717) is 36.4 Å². The Bertz CT molecular complexity index is 592. The number of aryl methyl sites for hydroxylation is 1. The number of halogens is 1. The molecule has 2 aromatic heterocycles. The van der Waals surface area contributed by atoms with Crippen LogP contribution in [0.1, 0.15) is 55.5 Å². The number of rotatable bonds is 5. The van der Waals surface area contributed by atoms with Gasteiger partial charge in [-0.25, -0.2) is 0 Å². The van der Waals surface area contributed by atoms with E-state index in [0.717, 1.165) is 19.3 Å². The first-order valence-corrected chi connectivity index (χ1v) is 7.50. The lowest BCUT2D eigenvalue weighted by molar-refractivity contribution is 0.177. The van der Waals surface area contributed by atoms with E-state index in [1.807, 2.05) is 0 Å². The fraction of sp³-hybridized carbons (Fsp3) is 0.714. The van der Waals surface area contributed by atoms with E-state index in [9.17, 15) is 0 Å². The van der Waals surface area contributed by atoms with Crippen LogP contribution in [0.15, 0.2) is 9.05 Å². The van der Waals surface area contributed by atoms with Gasteiger partial charge in [-0.05, 0) is 24.8 Å². The summed E-state index contributed by atoms with van der Waals surface area (Å²) >= 11 is 0. The molecule has 0 radical (unpaired) electrons. The van der Waals surface area contributed by atoms with Crippen LogP contribution in [-0.2, 0) is 12.8 Å². The molecule has 0 bridgehead atoms. The number of nitrogens with two attached hydrogens (primary N) is 1. The lowest BCUT2D eigenvalue weighted by Gasteiger charge is -2.34. The van der Waals surface area contributed by atoms with Crippen LogP contribution in [-0.4, -0.2) is 26.8 Å². The highest BCUT2D eigenvalue weighted by Crippen LogP contribution is 2.37. The SMILES string of the molecule is Cc1nc(Cc2noc(CC3(CN)CCCCC3)n2)no1.Cl. The molecule has 0 aromatic carbocycles. The van der Waals surface area contributed by atoms with Crippen molar-refractivity contribution in [3.63, 3.8) is 0 Å². The number of hydrogen-bond acceptors (Lipinski definition) is 7. The van der Waals surface area contributed by atoms with Crippen molar-refractivity contribution in [3.05, 3.63) is 23.4 Å². The largest absolute Gasteiger partial charge is 0.340 e. The summed E-state index contributed by atoms with van der Waals surface area (Å²) < 4.78 is 10.3. The molecular weight excluding hydrogens is 306 g/mol. The average Bonchev–Trinajstić information content (AvgIpc) is 3.10. The lowest BCUT2D eigenvalue weighted by Crippen LogP contribution is -2.35. The van der Waals surface area contributed by atoms with Crippen molar-refractivity contribution in [2.24, 2.45) is 11.1 Å². The molecule has 8 heteroatoms. The van der Waals surface area contributed by atoms with E-state index in [4.69, 9.17) is 14.8 Å². The summed E-state index contributed by atoms with van der Waals surface area (Å²) in [6.07, 6.45) is 7.25. The van der Waals surface area contributed by atoms with Crippen LogP contribution in [0, 0.1) is 12.3 Å². The Balaban J connectivity index is 0.00000176. The third-order valence-corrected chi connectivity index (χ3v) is 4.27. The molecule has 0 saturated heterocycles. The molecule has 1 aliphatic carbocycles. The van der Waals surface area contributed by atoms with E-state index < -0.39 is 0 Å². The van der Waals surface area contributed by atoms with Crippen molar-refractivity contribution in [3.8, 4) is 0 Å². The first kappa shape index (κ1) is 16.9. The predicted molar refractivity (Wildman–Crippen MR) is 81.7 cm³/mol. The normalized spacial score (nSPS) is 17.2. The van der Waals surface area contributed by atoms with E-state index in [1.165, 1.54) is 19.3 Å². The molecule has 1 saturated carbocycles. The van der Waals surface area contributed by atoms with Crippen molar-refractivity contribution in [2.75, 3.05) is 6.54 Å². The van der Waals surface area contributed by atoms with Gasteiger partial charge in [-0.2, -0.15) is 9.97 Å². The topological polar surface area (TPSA) is 104 Å². The van der Waals surface area contributed by atoms with Crippen LogP contribution in [0.25, 0.3) is 0 Å². The van der Waals surface area contributed by atoms with Gasteiger partial charge in [-0.1, -0.05) is 29.6 Å². The Labute approximate surface area is 135 Å². The van der Waals surface area contributed by atoms with E-state index in [2.05, 4.69) is 20.3 Å². The van der Waals surface area contributed by atoms with Gasteiger partial charge in [0.2, 0.25) is 11.8 Å². The summed E-state index contributed by atoms with van der Waals surface area (Å²) in [4.78, 5) is 8.59. The minimum absolute atomic E-state index is 0. The average molecular weight is 328 g/mol. The maximum atomic E-state index is 6.00. The molecule has 7 nitrogen and oxygen atoms in total. The standard InChI is InChI=1S/C14H21N5O2.ClH/c1-10-16-11(18-20-10)7-12-17-13(21-19-12)8-14(9-15)5-3-2-4-6-14;/h2-9,15H2,1H3;1H. The quantitative estimate of drug-likeness (QED) is 0.897. The molecule has 3 rings (SSSR count). The second-order valence-electron chi connectivity index (χ2n) is 5.95. The first-order valence-electron chi connectivity index (χ1n) is 7.50. The van der Waals surface area contributed by atoms with E-state index in [1.54, 1.807) is 6.92 Å². The summed E-state index contributed by atoms with van der Waals surface area (Å²) in [5, 5.41) is 7.84.